The summed E-state index contributed by atoms with van der Waals surface area (Å²) in [6.45, 7) is 0.390. The van der Waals surface area contributed by atoms with Crippen LogP contribution in [0.4, 0.5) is 0 Å². The molecule has 24 heavy (non-hydrogen) atoms. The molecule has 3 rings (SSSR count). The van der Waals surface area contributed by atoms with Gasteiger partial charge in [0.1, 0.15) is 12.1 Å². The fourth-order valence-electron chi connectivity index (χ4n) is 2.54. The van der Waals surface area contributed by atoms with Gasteiger partial charge in [-0.3, -0.25) is 4.79 Å². The number of amides is 1. The van der Waals surface area contributed by atoms with Crippen LogP contribution in [0.1, 0.15) is 35.2 Å². The highest BCUT2D eigenvalue weighted by Crippen LogP contribution is 2.32. The molecule has 1 aliphatic carbocycles. The Kier molecular flexibility index (Phi) is 4.46. The van der Waals surface area contributed by atoms with E-state index in [9.17, 15) is 14.7 Å². The number of nitrogens with one attached hydrogen (secondary N) is 1. The normalized spacial score (nSPS) is 15.2. The van der Waals surface area contributed by atoms with Crippen molar-refractivity contribution in [3.63, 3.8) is 0 Å². The predicted molar refractivity (Wildman–Crippen MR) is 86.7 cm³/mol. The molecule has 6 nitrogen and oxygen atoms in total. The van der Waals surface area contributed by atoms with E-state index in [0.29, 0.717) is 30.9 Å². The summed E-state index contributed by atoms with van der Waals surface area (Å²) < 4.78 is 5.56. The van der Waals surface area contributed by atoms with Crippen molar-refractivity contribution in [1.82, 2.24) is 10.3 Å². The molecule has 2 N–H and O–H groups in total. The Bertz CT molecular complexity index is 724. The molecule has 0 spiro atoms. The van der Waals surface area contributed by atoms with E-state index in [4.69, 9.17) is 4.74 Å². The minimum absolute atomic E-state index is 0.314. The molecule has 6 heteroatoms. The Morgan fingerprint density at radius 2 is 1.92 bits per heavy atom. The number of carboxylic acids is 1. The van der Waals surface area contributed by atoms with Crippen LogP contribution < -0.4 is 10.1 Å². The molecule has 0 aliphatic heterocycles. The molecule has 1 saturated carbocycles. The topological polar surface area (TPSA) is 88.5 Å². The number of carbonyl (C=O) groups is 2. The SMILES string of the molecule is O=C(NC1(C(=O)O)CCC1)c1ccc(OCc2ccccc2)nc1. The van der Waals surface area contributed by atoms with Crippen molar-refractivity contribution in [2.75, 3.05) is 0 Å². The van der Waals surface area contributed by atoms with Crippen LogP contribution in [0.5, 0.6) is 5.88 Å². The zero-order valence-electron chi connectivity index (χ0n) is 13.1. The summed E-state index contributed by atoms with van der Waals surface area (Å²) in [4.78, 5) is 27.6. The number of pyridine rings is 1. The van der Waals surface area contributed by atoms with Gasteiger partial charge in [-0.1, -0.05) is 30.3 Å². The lowest BCUT2D eigenvalue weighted by Gasteiger charge is -2.38. The Morgan fingerprint density at radius 1 is 1.17 bits per heavy atom. The van der Waals surface area contributed by atoms with Crippen LogP contribution in [-0.2, 0) is 11.4 Å². The van der Waals surface area contributed by atoms with Gasteiger partial charge in [0, 0.05) is 12.3 Å². The maximum Gasteiger partial charge on any atom is 0.329 e. The average molecular weight is 326 g/mol. The van der Waals surface area contributed by atoms with Gasteiger partial charge in [0.15, 0.2) is 0 Å². The second-order valence-electron chi connectivity index (χ2n) is 5.85. The number of carbonyl (C=O) groups excluding carboxylic acids is 1. The van der Waals surface area contributed by atoms with Gasteiger partial charge in [-0.2, -0.15) is 0 Å². The van der Waals surface area contributed by atoms with Crippen LogP contribution in [0.15, 0.2) is 48.7 Å². The third-order valence-electron chi connectivity index (χ3n) is 4.20. The summed E-state index contributed by atoms with van der Waals surface area (Å²) in [5.74, 6) is -1.01. The molecule has 1 aliphatic rings. The summed E-state index contributed by atoms with van der Waals surface area (Å²) in [7, 11) is 0. The van der Waals surface area contributed by atoms with Crippen LogP contribution in [0.3, 0.4) is 0 Å². The lowest BCUT2D eigenvalue weighted by Crippen LogP contribution is -2.59. The lowest BCUT2D eigenvalue weighted by molar-refractivity contribution is -0.148. The molecule has 0 saturated heterocycles. The summed E-state index contributed by atoms with van der Waals surface area (Å²) in [5.41, 5.74) is 0.212. The average Bonchev–Trinajstić information content (AvgIpc) is 2.57. The van der Waals surface area contributed by atoms with E-state index in [0.717, 1.165) is 12.0 Å². The molecular formula is C18H18N2O4. The first-order chi connectivity index (χ1) is 11.6. The minimum Gasteiger partial charge on any atom is -0.480 e. The van der Waals surface area contributed by atoms with E-state index in [2.05, 4.69) is 10.3 Å². The molecule has 0 unspecified atom stereocenters. The van der Waals surface area contributed by atoms with Gasteiger partial charge in [-0.15, -0.1) is 0 Å². The highest BCUT2D eigenvalue weighted by atomic mass is 16.5. The summed E-state index contributed by atoms with van der Waals surface area (Å²) in [6, 6.07) is 12.9. The summed E-state index contributed by atoms with van der Waals surface area (Å²) >= 11 is 0. The molecule has 1 amide bonds. The van der Waals surface area contributed by atoms with Gasteiger partial charge in [-0.05, 0) is 30.9 Å². The fourth-order valence-corrected chi connectivity index (χ4v) is 2.54. The molecule has 1 aromatic carbocycles. The third-order valence-corrected chi connectivity index (χ3v) is 4.20. The highest BCUT2D eigenvalue weighted by Gasteiger charge is 2.45. The maximum atomic E-state index is 12.2. The second-order valence-corrected chi connectivity index (χ2v) is 5.85. The van der Waals surface area contributed by atoms with Gasteiger partial charge < -0.3 is 15.2 Å². The molecule has 2 aromatic rings. The smallest absolute Gasteiger partial charge is 0.329 e. The molecule has 1 heterocycles. The van der Waals surface area contributed by atoms with Crippen molar-refractivity contribution in [2.45, 2.75) is 31.4 Å². The number of rotatable bonds is 6. The Hall–Kier alpha value is -2.89. The van der Waals surface area contributed by atoms with Crippen LogP contribution in [0.25, 0.3) is 0 Å². The third kappa shape index (κ3) is 3.37. The van der Waals surface area contributed by atoms with E-state index < -0.39 is 17.4 Å². The van der Waals surface area contributed by atoms with E-state index in [1.807, 2.05) is 30.3 Å². The molecule has 0 radical (unpaired) electrons. The van der Waals surface area contributed by atoms with Gasteiger partial charge in [0.2, 0.25) is 5.88 Å². The number of benzene rings is 1. The van der Waals surface area contributed by atoms with Crippen molar-refractivity contribution in [3.05, 3.63) is 59.8 Å². The van der Waals surface area contributed by atoms with E-state index in [-0.39, 0.29) is 0 Å². The number of nitrogens with zero attached hydrogens (tertiary/aromatic N) is 1. The first-order valence-corrected chi connectivity index (χ1v) is 7.78. The molecule has 0 atom stereocenters. The Morgan fingerprint density at radius 3 is 2.46 bits per heavy atom. The first-order valence-electron chi connectivity index (χ1n) is 7.78. The van der Waals surface area contributed by atoms with Gasteiger partial charge in [0.05, 0.1) is 5.56 Å². The maximum absolute atomic E-state index is 12.2. The number of ether oxygens (including phenoxy) is 1. The van der Waals surface area contributed by atoms with Gasteiger partial charge in [-0.25, -0.2) is 9.78 Å². The molecule has 1 aromatic heterocycles. The molecule has 1 fully saturated rings. The van der Waals surface area contributed by atoms with Crippen molar-refractivity contribution in [1.29, 1.82) is 0 Å². The first kappa shape index (κ1) is 16.0. The molecule has 0 bridgehead atoms. The summed E-state index contributed by atoms with van der Waals surface area (Å²) in [6.07, 6.45) is 3.11. The zero-order chi connectivity index (χ0) is 17.0. The zero-order valence-corrected chi connectivity index (χ0v) is 13.1. The standard InChI is InChI=1S/C18H18N2O4/c21-16(20-18(17(22)23)9-4-10-18)14-7-8-15(19-11-14)24-12-13-5-2-1-3-6-13/h1-3,5-8,11H,4,9-10,12H2,(H,20,21)(H,22,23). The summed E-state index contributed by atoms with van der Waals surface area (Å²) in [5, 5.41) is 11.9. The number of carboxylic acid groups (broad SMARTS) is 1. The Balaban J connectivity index is 1.59. The molecule has 124 valence electrons. The minimum atomic E-state index is -1.13. The van der Waals surface area contributed by atoms with Crippen molar-refractivity contribution >= 4 is 11.9 Å². The highest BCUT2D eigenvalue weighted by molar-refractivity contribution is 5.98. The number of aromatic nitrogens is 1. The monoisotopic (exact) mass is 326 g/mol. The van der Waals surface area contributed by atoms with E-state index in [1.54, 1.807) is 12.1 Å². The largest absolute Gasteiger partial charge is 0.480 e. The number of hydrogen-bond donors (Lipinski definition) is 2. The number of aliphatic carboxylic acids is 1. The lowest BCUT2D eigenvalue weighted by atomic mass is 9.76. The van der Waals surface area contributed by atoms with E-state index >= 15 is 0 Å². The fraction of sp³-hybridized carbons (Fsp3) is 0.278. The van der Waals surface area contributed by atoms with Crippen molar-refractivity contribution < 1.29 is 19.4 Å². The predicted octanol–water partition coefficient (Wildman–Crippen LogP) is 2.40. The van der Waals surface area contributed by atoms with Crippen LogP contribution in [0.2, 0.25) is 0 Å². The Labute approximate surface area is 139 Å². The second kappa shape index (κ2) is 6.70. The quantitative estimate of drug-likeness (QED) is 0.851. The van der Waals surface area contributed by atoms with Crippen LogP contribution in [0, 0.1) is 0 Å². The number of hydrogen-bond acceptors (Lipinski definition) is 4. The van der Waals surface area contributed by atoms with Gasteiger partial charge >= 0.3 is 5.97 Å². The van der Waals surface area contributed by atoms with Crippen LogP contribution >= 0.6 is 0 Å². The van der Waals surface area contributed by atoms with Gasteiger partial charge in [0.25, 0.3) is 5.91 Å². The van der Waals surface area contributed by atoms with Crippen molar-refractivity contribution in [3.8, 4) is 5.88 Å². The van der Waals surface area contributed by atoms with E-state index in [1.165, 1.54) is 6.20 Å². The van der Waals surface area contributed by atoms with Crippen molar-refractivity contribution in [2.24, 2.45) is 0 Å². The van der Waals surface area contributed by atoms with Crippen LogP contribution in [-0.4, -0.2) is 27.5 Å². The molecular weight excluding hydrogens is 308 g/mol.